The van der Waals surface area contributed by atoms with Gasteiger partial charge in [-0.2, -0.15) is 13.2 Å². The van der Waals surface area contributed by atoms with Crippen molar-refractivity contribution in [3.63, 3.8) is 0 Å². The molecule has 4 aromatic rings. The first kappa shape index (κ1) is 26.2. The Bertz CT molecular complexity index is 1520. The molecule has 1 atom stereocenters. The number of hydrogen-bond acceptors (Lipinski definition) is 5. The van der Waals surface area contributed by atoms with Crippen LogP contribution in [0.4, 0.5) is 19.0 Å². The lowest BCUT2D eigenvalue weighted by Crippen LogP contribution is -2.31. The van der Waals surface area contributed by atoms with Crippen LogP contribution >= 0.6 is 23.2 Å². The molecule has 5 rings (SSSR count). The van der Waals surface area contributed by atoms with Crippen LogP contribution in [0.15, 0.2) is 42.5 Å². The second-order valence-corrected chi connectivity index (χ2v) is 10.2. The number of nitrogens with zero attached hydrogens (tertiary/aromatic N) is 4. The summed E-state index contributed by atoms with van der Waals surface area (Å²) in [5.74, 6) is -0.637. The van der Waals surface area contributed by atoms with Crippen LogP contribution < -0.4 is 5.32 Å². The van der Waals surface area contributed by atoms with Crippen molar-refractivity contribution >= 4 is 46.2 Å². The van der Waals surface area contributed by atoms with Gasteiger partial charge in [-0.05, 0) is 61.6 Å². The Hall–Kier alpha value is -3.37. The van der Waals surface area contributed by atoms with Crippen molar-refractivity contribution in [2.24, 2.45) is 5.92 Å². The van der Waals surface area contributed by atoms with E-state index in [0.717, 1.165) is 31.4 Å². The van der Waals surface area contributed by atoms with Gasteiger partial charge in [0.1, 0.15) is 11.3 Å². The minimum absolute atomic E-state index is 0.00587. The van der Waals surface area contributed by atoms with Crippen molar-refractivity contribution in [2.75, 3.05) is 5.32 Å². The molecule has 1 saturated carbocycles. The normalized spacial score (nSPS) is 14.9. The van der Waals surface area contributed by atoms with Gasteiger partial charge in [0.2, 0.25) is 5.82 Å². The van der Waals surface area contributed by atoms with Gasteiger partial charge in [-0.1, -0.05) is 41.8 Å². The van der Waals surface area contributed by atoms with Gasteiger partial charge in [-0.15, -0.1) is 0 Å². The summed E-state index contributed by atoms with van der Waals surface area (Å²) in [6.07, 6.45) is -1.23. The number of aromatic nitrogens is 4. The highest BCUT2D eigenvalue weighted by Gasteiger charge is 2.30. The number of imidazole rings is 1. The molecule has 2 heterocycles. The SMILES string of the molecule is C[C@@H](Nc1nc(C(=O)O)nc2nc(-c3ccc(Cl)c(Cl)c3)n(Cc3ccc(C(F)(F)F)cc3)c12)C1CCC1. The van der Waals surface area contributed by atoms with E-state index in [1.165, 1.54) is 12.1 Å². The minimum Gasteiger partial charge on any atom is -0.475 e. The Morgan fingerprint density at radius 3 is 2.39 bits per heavy atom. The van der Waals surface area contributed by atoms with E-state index in [4.69, 9.17) is 23.2 Å². The number of hydrogen-bond donors (Lipinski definition) is 2. The number of anilines is 1. The van der Waals surface area contributed by atoms with Crippen LogP contribution in [0.1, 0.15) is 47.9 Å². The number of nitrogens with one attached hydrogen (secondary N) is 1. The molecule has 0 aliphatic heterocycles. The molecule has 38 heavy (non-hydrogen) atoms. The van der Waals surface area contributed by atoms with Gasteiger partial charge in [0.25, 0.3) is 0 Å². The molecule has 2 aromatic carbocycles. The van der Waals surface area contributed by atoms with Crippen molar-refractivity contribution in [2.45, 2.75) is 44.9 Å². The number of fused-ring (bicyclic) bond motifs is 1. The molecule has 7 nitrogen and oxygen atoms in total. The number of carboxylic acid groups (broad SMARTS) is 1. The van der Waals surface area contributed by atoms with Gasteiger partial charge in [0.05, 0.1) is 15.6 Å². The largest absolute Gasteiger partial charge is 0.475 e. The third-order valence-corrected chi connectivity index (χ3v) is 7.55. The fraction of sp³-hybridized carbons (Fsp3) is 0.308. The third-order valence-electron chi connectivity index (χ3n) is 6.82. The van der Waals surface area contributed by atoms with Gasteiger partial charge in [-0.25, -0.2) is 19.7 Å². The quantitative estimate of drug-likeness (QED) is 0.247. The van der Waals surface area contributed by atoms with Crippen LogP contribution in [0.5, 0.6) is 0 Å². The van der Waals surface area contributed by atoms with E-state index in [1.54, 1.807) is 22.8 Å². The topological polar surface area (TPSA) is 92.9 Å². The van der Waals surface area contributed by atoms with Crippen LogP contribution in [0.25, 0.3) is 22.6 Å². The average Bonchev–Trinajstić information content (AvgIpc) is 3.18. The molecule has 1 aliphatic carbocycles. The monoisotopic (exact) mass is 563 g/mol. The zero-order valence-corrected chi connectivity index (χ0v) is 21.6. The zero-order valence-electron chi connectivity index (χ0n) is 20.1. The van der Waals surface area contributed by atoms with Crippen molar-refractivity contribution in [3.05, 3.63) is 69.5 Å². The van der Waals surface area contributed by atoms with Crippen molar-refractivity contribution in [3.8, 4) is 11.4 Å². The molecule has 0 bridgehead atoms. The zero-order chi connectivity index (χ0) is 27.2. The van der Waals surface area contributed by atoms with E-state index in [2.05, 4.69) is 20.3 Å². The summed E-state index contributed by atoms with van der Waals surface area (Å²) in [7, 11) is 0. The highest BCUT2D eigenvalue weighted by Crippen LogP contribution is 2.36. The van der Waals surface area contributed by atoms with Crippen molar-refractivity contribution in [1.82, 2.24) is 19.5 Å². The molecule has 0 spiro atoms. The summed E-state index contributed by atoms with van der Waals surface area (Å²) < 4.78 is 41.1. The van der Waals surface area contributed by atoms with Gasteiger partial charge in [-0.3, -0.25) is 0 Å². The van der Waals surface area contributed by atoms with Gasteiger partial charge >= 0.3 is 12.1 Å². The van der Waals surface area contributed by atoms with Gasteiger partial charge < -0.3 is 15.0 Å². The van der Waals surface area contributed by atoms with Crippen LogP contribution in [0.2, 0.25) is 10.0 Å². The van der Waals surface area contributed by atoms with E-state index in [0.29, 0.717) is 33.4 Å². The number of halogens is 5. The predicted octanol–water partition coefficient (Wildman–Crippen LogP) is 7.17. The second-order valence-electron chi connectivity index (χ2n) is 9.34. The molecule has 1 fully saturated rings. The maximum absolute atomic E-state index is 13.1. The molecule has 1 aliphatic rings. The van der Waals surface area contributed by atoms with Crippen molar-refractivity contribution in [1.29, 1.82) is 0 Å². The third kappa shape index (κ3) is 5.15. The van der Waals surface area contributed by atoms with E-state index in [9.17, 15) is 23.1 Å². The highest BCUT2D eigenvalue weighted by atomic mass is 35.5. The number of alkyl halides is 3. The molecule has 0 unspecified atom stereocenters. The number of carboxylic acids is 1. The maximum Gasteiger partial charge on any atom is 0.416 e. The Labute approximate surface area is 225 Å². The summed E-state index contributed by atoms with van der Waals surface area (Å²) in [4.78, 5) is 24.9. The molecule has 198 valence electrons. The number of aromatic carboxylic acids is 1. The molecule has 2 aromatic heterocycles. The highest BCUT2D eigenvalue weighted by molar-refractivity contribution is 6.42. The van der Waals surface area contributed by atoms with E-state index in [-0.39, 0.29) is 29.1 Å². The maximum atomic E-state index is 13.1. The first-order valence-electron chi connectivity index (χ1n) is 11.9. The van der Waals surface area contributed by atoms with Gasteiger partial charge in [0.15, 0.2) is 11.5 Å². The average molecular weight is 564 g/mol. The summed E-state index contributed by atoms with van der Waals surface area (Å²) in [6, 6.07) is 9.75. The number of rotatable bonds is 7. The Morgan fingerprint density at radius 1 is 1.11 bits per heavy atom. The van der Waals surface area contributed by atoms with Crippen LogP contribution in [0, 0.1) is 5.92 Å². The lowest BCUT2D eigenvalue weighted by molar-refractivity contribution is -0.137. The smallest absolute Gasteiger partial charge is 0.416 e. The first-order chi connectivity index (χ1) is 18.0. The molecule has 0 saturated heterocycles. The minimum atomic E-state index is -4.46. The van der Waals surface area contributed by atoms with E-state index in [1.807, 2.05) is 6.92 Å². The molecule has 0 amide bonds. The Kier molecular flexibility index (Phi) is 6.96. The van der Waals surface area contributed by atoms with Crippen LogP contribution in [-0.2, 0) is 12.7 Å². The summed E-state index contributed by atoms with van der Waals surface area (Å²) in [5.41, 5.74) is 0.946. The molecular formula is C26H22Cl2F3N5O2. The number of benzene rings is 2. The van der Waals surface area contributed by atoms with Crippen LogP contribution in [0.3, 0.4) is 0 Å². The van der Waals surface area contributed by atoms with E-state index >= 15 is 0 Å². The predicted molar refractivity (Wildman–Crippen MR) is 139 cm³/mol. The molecule has 2 N–H and O–H groups in total. The lowest BCUT2D eigenvalue weighted by Gasteiger charge is -2.32. The Morgan fingerprint density at radius 2 is 1.82 bits per heavy atom. The van der Waals surface area contributed by atoms with E-state index < -0.39 is 23.5 Å². The molecular weight excluding hydrogens is 542 g/mol. The molecule has 12 heteroatoms. The Balaban J connectivity index is 1.69. The fourth-order valence-corrected chi connectivity index (χ4v) is 4.80. The molecule has 0 radical (unpaired) electrons. The summed E-state index contributed by atoms with van der Waals surface area (Å²) in [6.45, 7) is 2.13. The standard InChI is InChI=1S/C26H22Cl2F3N5O2/c1-13(15-3-2-4-15)32-21-20-22(34-23(33-21)25(37)38)35-24(16-7-10-18(27)19(28)11-16)36(20)12-14-5-8-17(9-6-14)26(29,30)31/h5-11,13,15H,2-4,12H2,1H3,(H,37,38)(H,32,33,34)/t13-/m1/s1. The summed E-state index contributed by atoms with van der Waals surface area (Å²) >= 11 is 12.4. The van der Waals surface area contributed by atoms with Crippen LogP contribution in [-0.4, -0.2) is 36.6 Å². The first-order valence-corrected chi connectivity index (χ1v) is 12.7. The number of carbonyl (C=O) groups is 1. The van der Waals surface area contributed by atoms with Gasteiger partial charge in [0, 0.05) is 18.2 Å². The second kappa shape index (κ2) is 10.1. The fourth-order valence-electron chi connectivity index (χ4n) is 4.50. The summed E-state index contributed by atoms with van der Waals surface area (Å²) in [5, 5.41) is 13.6. The lowest BCUT2D eigenvalue weighted by atomic mass is 9.80. The van der Waals surface area contributed by atoms with Crippen molar-refractivity contribution < 1.29 is 23.1 Å².